The van der Waals surface area contributed by atoms with Gasteiger partial charge in [0.05, 0.1) is 0 Å². The number of ether oxygens (including phenoxy) is 1. The van der Waals surface area contributed by atoms with Crippen molar-refractivity contribution in [1.82, 2.24) is 0 Å². The van der Waals surface area contributed by atoms with E-state index in [1.54, 1.807) is 20.8 Å². The lowest BCUT2D eigenvalue weighted by atomic mass is 10.1. The van der Waals surface area contributed by atoms with Crippen molar-refractivity contribution in [2.24, 2.45) is 0 Å². The van der Waals surface area contributed by atoms with Gasteiger partial charge in [0.15, 0.2) is 11.5 Å². The highest BCUT2D eigenvalue weighted by molar-refractivity contribution is 5.92. The molecule has 1 rings (SSSR count). The summed E-state index contributed by atoms with van der Waals surface area (Å²) in [7, 11) is 0. The monoisotopic (exact) mass is 226 g/mol. The van der Waals surface area contributed by atoms with Gasteiger partial charge in [0, 0.05) is 6.07 Å². The van der Waals surface area contributed by atoms with E-state index >= 15 is 0 Å². The van der Waals surface area contributed by atoms with Crippen LogP contribution < -0.4 is 4.74 Å². The summed E-state index contributed by atoms with van der Waals surface area (Å²) >= 11 is 0. The third-order valence-electron chi connectivity index (χ3n) is 1.71. The first-order valence-corrected chi connectivity index (χ1v) is 4.69. The Hall–Kier alpha value is -1.91. The molecule has 88 valence electrons. The summed E-state index contributed by atoms with van der Waals surface area (Å²) in [4.78, 5) is 10.8. The SMILES string of the molecule is CC(C)(C)Oc1cc(O)cc(C(=O)O)c1O. The summed E-state index contributed by atoms with van der Waals surface area (Å²) < 4.78 is 5.33. The molecule has 0 aliphatic heterocycles. The molecule has 1 aromatic carbocycles. The van der Waals surface area contributed by atoms with Crippen molar-refractivity contribution in [2.45, 2.75) is 26.4 Å². The summed E-state index contributed by atoms with van der Waals surface area (Å²) in [6.07, 6.45) is 0. The summed E-state index contributed by atoms with van der Waals surface area (Å²) in [5.41, 5.74) is -0.986. The van der Waals surface area contributed by atoms with Crippen molar-refractivity contribution in [3.8, 4) is 17.2 Å². The molecule has 0 radical (unpaired) electrons. The highest BCUT2D eigenvalue weighted by Crippen LogP contribution is 2.36. The summed E-state index contributed by atoms with van der Waals surface area (Å²) in [6, 6.07) is 2.14. The number of hydrogen-bond acceptors (Lipinski definition) is 4. The van der Waals surface area contributed by atoms with E-state index < -0.39 is 17.3 Å². The van der Waals surface area contributed by atoms with E-state index in [4.69, 9.17) is 9.84 Å². The summed E-state index contributed by atoms with van der Waals surface area (Å²) in [5.74, 6) is -2.13. The predicted molar refractivity (Wildman–Crippen MR) is 57.1 cm³/mol. The first-order chi connectivity index (χ1) is 7.20. The van der Waals surface area contributed by atoms with E-state index in [-0.39, 0.29) is 17.1 Å². The zero-order chi connectivity index (χ0) is 12.5. The van der Waals surface area contributed by atoms with E-state index in [2.05, 4.69) is 0 Å². The Kier molecular flexibility index (Phi) is 2.98. The molecule has 0 fully saturated rings. The van der Waals surface area contributed by atoms with E-state index in [0.717, 1.165) is 6.07 Å². The van der Waals surface area contributed by atoms with Gasteiger partial charge in [0.2, 0.25) is 0 Å². The predicted octanol–water partition coefficient (Wildman–Crippen LogP) is 1.97. The van der Waals surface area contributed by atoms with Gasteiger partial charge in [-0.2, -0.15) is 0 Å². The van der Waals surface area contributed by atoms with Crippen molar-refractivity contribution in [3.63, 3.8) is 0 Å². The van der Waals surface area contributed by atoms with Crippen LogP contribution in [0.3, 0.4) is 0 Å². The Morgan fingerprint density at radius 1 is 1.25 bits per heavy atom. The normalized spacial score (nSPS) is 11.2. The molecular formula is C11H14O5. The van der Waals surface area contributed by atoms with Gasteiger partial charge in [-0.15, -0.1) is 0 Å². The van der Waals surface area contributed by atoms with Crippen LogP contribution in [-0.4, -0.2) is 26.9 Å². The van der Waals surface area contributed by atoms with Gasteiger partial charge >= 0.3 is 5.97 Å². The van der Waals surface area contributed by atoms with Gasteiger partial charge in [0.25, 0.3) is 0 Å². The minimum atomic E-state index is -1.33. The first kappa shape index (κ1) is 12.2. The van der Waals surface area contributed by atoms with Crippen molar-refractivity contribution < 1.29 is 24.9 Å². The van der Waals surface area contributed by atoms with Crippen molar-refractivity contribution in [1.29, 1.82) is 0 Å². The molecule has 0 saturated carbocycles. The van der Waals surface area contributed by atoms with Gasteiger partial charge in [-0.25, -0.2) is 4.79 Å². The third kappa shape index (κ3) is 2.79. The Morgan fingerprint density at radius 2 is 1.81 bits per heavy atom. The molecule has 0 atom stereocenters. The van der Waals surface area contributed by atoms with Crippen LogP contribution in [0.15, 0.2) is 12.1 Å². The standard InChI is InChI=1S/C11H14O5/c1-11(2,3)16-8-5-6(12)4-7(9(8)13)10(14)15/h4-5,12-13H,1-3H3,(H,14,15). The molecule has 0 aliphatic rings. The molecule has 0 aromatic heterocycles. The van der Waals surface area contributed by atoms with E-state index in [0.29, 0.717) is 0 Å². The van der Waals surface area contributed by atoms with E-state index in [1.807, 2.05) is 0 Å². The molecule has 0 spiro atoms. The lowest BCUT2D eigenvalue weighted by molar-refractivity contribution is 0.0689. The van der Waals surface area contributed by atoms with Crippen LogP contribution in [0.2, 0.25) is 0 Å². The average molecular weight is 226 g/mol. The van der Waals surface area contributed by atoms with Crippen molar-refractivity contribution in [2.75, 3.05) is 0 Å². The molecule has 0 unspecified atom stereocenters. The second-order valence-electron chi connectivity index (χ2n) is 4.36. The van der Waals surface area contributed by atoms with Crippen LogP contribution in [-0.2, 0) is 0 Å². The van der Waals surface area contributed by atoms with Gasteiger partial charge < -0.3 is 20.1 Å². The Morgan fingerprint density at radius 3 is 2.25 bits per heavy atom. The topological polar surface area (TPSA) is 87.0 Å². The smallest absolute Gasteiger partial charge is 0.339 e. The maximum atomic E-state index is 10.8. The molecule has 5 nitrogen and oxygen atoms in total. The minimum Gasteiger partial charge on any atom is -0.508 e. The number of carbonyl (C=O) groups is 1. The fraction of sp³-hybridized carbons (Fsp3) is 0.364. The molecule has 16 heavy (non-hydrogen) atoms. The van der Waals surface area contributed by atoms with Gasteiger partial charge in [-0.05, 0) is 26.8 Å². The number of phenolic OH excluding ortho intramolecular Hbond substituents is 1. The van der Waals surface area contributed by atoms with Crippen molar-refractivity contribution >= 4 is 5.97 Å². The molecular weight excluding hydrogens is 212 g/mol. The number of aromatic carboxylic acids is 1. The van der Waals surface area contributed by atoms with Crippen LogP contribution in [0, 0.1) is 0 Å². The zero-order valence-corrected chi connectivity index (χ0v) is 9.31. The lowest BCUT2D eigenvalue weighted by Gasteiger charge is -2.22. The number of hydrogen-bond donors (Lipinski definition) is 3. The van der Waals surface area contributed by atoms with Crippen LogP contribution in [0.25, 0.3) is 0 Å². The first-order valence-electron chi connectivity index (χ1n) is 4.69. The zero-order valence-electron chi connectivity index (χ0n) is 9.31. The van der Waals surface area contributed by atoms with Crippen LogP contribution in [0.1, 0.15) is 31.1 Å². The van der Waals surface area contributed by atoms with E-state index in [9.17, 15) is 15.0 Å². The maximum absolute atomic E-state index is 10.8. The second kappa shape index (κ2) is 3.92. The quantitative estimate of drug-likeness (QED) is 0.671. The molecule has 0 bridgehead atoms. The Bertz CT molecular complexity index is 417. The summed E-state index contributed by atoms with van der Waals surface area (Å²) in [6.45, 7) is 5.24. The molecule has 0 heterocycles. The second-order valence-corrected chi connectivity index (χ2v) is 4.36. The van der Waals surface area contributed by atoms with Crippen LogP contribution in [0.4, 0.5) is 0 Å². The number of rotatable bonds is 2. The summed E-state index contributed by atoms with van der Waals surface area (Å²) in [5, 5.41) is 27.7. The largest absolute Gasteiger partial charge is 0.508 e. The van der Waals surface area contributed by atoms with Gasteiger partial charge in [-0.3, -0.25) is 0 Å². The highest BCUT2D eigenvalue weighted by Gasteiger charge is 2.20. The van der Waals surface area contributed by atoms with Crippen molar-refractivity contribution in [3.05, 3.63) is 17.7 Å². The molecule has 0 saturated heterocycles. The molecule has 1 aromatic rings. The lowest BCUT2D eigenvalue weighted by Crippen LogP contribution is -2.23. The number of carboxylic acids is 1. The highest BCUT2D eigenvalue weighted by atomic mass is 16.5. The maximum Gasteiger partial charge on any atom is 0.339 e. The van der Waals surface area contributed by atoms with Crippen LogP contribution >= 0.6 is 0 Å². The third-order valence-corrected chi connectivity index (χ3v) is 1.71. The molecule has 5 heteroatoms. The molecule has 3 N–H and O–H groups in total. The van der Waals surface area contributed by atoms with Gasteiger partial charge in [0.1, 0.15) is 16.9 Å². The van der Waals surface area contributed by atoms with E-state index in [1.165, 1.54) is 6.07 Å². The van der Waals surface area contributed by atoms with Gasteiger partial charge in [-0.1, -0.05) is 0 Å². The number of aromatic hydroxyl groups is 2. The Labute approximate surface area is 92.9 Å². The average Bonchev–Trinajstić information content (AvgIpc) is 2.07. The Balaban J connectivity index is 3.25. The fourth-order valence-electron chi connectivity index (χ4n) is 1.16. The molecule has 0 aliphatic carbocycles. The number of phenols is 2. The number of benzene rings is 1. The fourth-order valence-corrected chi connectivity index (χ4v) is 1.16. The molecule has 0 amide bonds. The number of carboxylic acid groups (broad SMARTS) is 1. The minimum absolute atomic E-state index is 0.0510. The van der Waals surface area contributed by atoms with Crippen LogP contribution in [0.5, 0.6) is 17.2 Å².